The summed E-state index contributed by atoms with van der Waals surface area (Å²) in [5, 5.41) is 3.05. The topological polar surface area (TPSA) is 73.3 Å². The first kappa shape index (κ1) is 15.6. The summed E-state index contributed by atoms with van der Waals surface area (Å²) in [4.78, 5) is 11.2. The van der Waals surface area contributed by atoms with Crippen molar-refractivity contribution < 1.29 is 9.53 Å². The summed E-state index contributed by atoms with van der Waals surface area (Å²) >= 11 is 11.1. The third kappa shape index (κ3) is 6.69. The highest BCUT2D eigenvalue weighted by Crippen LogP contribution is 2.14. The maximum atomic E-state index is 11.2. The van der Waals surface area contributed by atoms with E-state index in [0.29, 0.717) is 10.7 Å². The summed E-state index contributed by atoms with van der Waals surface area (Å²) in [7, 11) is 0. The summed E-state index contributed by atoms with van der Waals surface area (Å²) in [6.45, 7) is 0.0130. The Labute approximate surface area is 110 Å². The molecule has 0 saturated carbocycles. The Bertz CT molecular complexity index is 427. The molecular formula is C11H12Cl2N2O2. The molecule has 4 nitrogen and oxygen atoms in total. The van der Waals surface area contributed by atoms with Crippen LogP contribution in [-0.4, -0.2) is 18.6 Å². The molecule has 92 valence electrons. The van der Waals surface area contributed by atoms with Crippen molar-refractivity contribution in [2.24, 2.45) is 0 Å². The molecule has 0 bridgehead atoms. The van der Waals surface area contributed by atoms with Gasteiger partial charge in [-0.25, -0.2) is 4.79 Å². The summed E-state index contributed by atoms with van der Waals surface area (Å²) < 4.78 is 4.76. The van der Waals surface area contributed by atoms with Crippen molar-refractivity contribution in [3.8, 4) is 11.8 Å². The van der Waals surface area contributed by atoms with E-state index in [9.17, 15) is 4.79 Å². The first-order valence-electron chi connectivity index (χ1n) is 4.43. The summed E-state index contributed by atoms with van der Waals surface area (Å²) in [6.07, 6.45) is -0.578. The maximum absolute atomic E-state index is 11.2. The SMILES string of the molecule is N.O=C(Nc1cccc(Cl)c1)OCC#CCCl. The fraction of sp³-hybridized carbons (Fsp3) is 0.182. The first-order valence-corrected chi connectivity index (χ1v) is 5.34. The van der Waals surface area contributed by atoms with Gasteiger partial charge in [0.15, 0.2) is 6.61 Å². The molecule has 0 radical (unpaired) electrons. The number of rotatable bonds is 2. The smallest absolute Gasteiger partial charge is 0.412 e. The molecule has 0 aliphatic carbocycles. The van der Waals surface area contributed by atoms with E-state index in [4.69, 9.17) is 27.9 Å². The van der Waals surface area contributed by atoms with E-state index in [0.717, 1.165) is 0 Å². The van der Waals surface area contributed by atoms with Crippen molar-refractivity contribution in [1.29, 1.82) is 0 Å². The van der Waals surface area contributed by atoms with Crippen LogP contribution in [0.2, 0.25) is 5.02 Å². The number of halogens is 2. The number of carbonyl (C=O) groups is 1. The highest BCUT2D eigenvalue weighted by molar-refractivity contribution is 6.30. The molecule has 0 aromatic heterocycles. The predicted molar refractivity (Wildman–Crippen MR) is 69.9 cm³/mol. The molecule has 4 N–H and O–H groups in total. The minimum absolute atomic E-state index is 0. The van der Waals surface area contributed by atoms with Gasteiger partial charge in [-0.2, -0.15) is 0 Å². The quantitative estimate of drug-likeness (QED) is 0.642. The molecule has 6 heteroatoms. The van der Waals surface area contributed by atoms with E-state index >= 15 is 0 Å². The Morgan fingerprint density at radius 3 is 2.82 bits per heavy atom. The molecular weight excluding hydrogens is 263 g/mol. The zero-order chi connectivity index (χ0) is 11.8. The van der Waals surface area contributed by atoms with Crippen LogP contribution in [0.15, 0.2) is 24.3 Å². The van der Waals surface area contributed by atoms with Crippen LogP contribution in [0.25, 0.3) is 0 Å². The van der Waals surface area contributed by atoms with Gasteiger partial charge in [0.1, 0.15) is 0 Å². The van der Waals surface area contributed by atoms with Crippen molar-refractivity contribution in [2.45, 2.75) is 0 Å². The fourth-order valence-electron chi connectivity index (χ4n) is 0.920. The van der Waals surface area contributed by atoms with Crippen molar-refractivity contribution >= 4 is 35.0 Å². The predicted octanol–water partition coefficient (Wildman–Crippen LogP) is 3.29. The van der Waals surface area contributed by atoms with E-state index in [2.05, 4.69) is 17.2 Å². The Balaban J connectivity index is 0.00000256. The molecule has 0 aliphatic rings. The number of hydrogen-bond donors (Lipinski definition) is 2. The Kier molecular flexibility index (Phi) is 7.99. The van der Waals surface area contributed by atoms with Crippen LogP contribution < -0.4 is 11.5 Å². The van der Waals surface area contributed by atoms with Crippen molar-refractivity contribution in [3.05, 3.63) is 29.3 Å². The van der Waals surface area contributed by atoms with Gasteiger partial charge in [-0.15, -0.1) is 11.6 Å². The number of nitrogens with one attached hydrogen (secondary N) is 1. The van der Waals surface area contributed by atoms with Gasteiger partial charge in [-0.05, 0) is 18.2 Å². The Morgan fingerprint density at radius 1 is 1.41 bits per heavy atom. The summed E-state index contributed by atoms with van der Waals surface area (Å²) in [6, 6.07) is 6.76. The normalized spacial score (nSPS) is 8.35. The average Bonchev–Trinajstić information content (AvgIpc) is 2.24. The molecule has 0 saturated heterocycles. The number of hydrogen-bond acceptors (Lipinski definition) is 3. The van der Waals surface area contributed by atoms with Gasteiger partial charge in [0.05, 0.1) is 5.88 Å². The van der Waals surface area contributed by atoms with Gasteiger partial charge in [-0.1, -0.05) is 29.5 Å². The fourth-order valence-corrected chi connectivity index (χ4v) is 1.20. The van der Waals surface area contributed by atoms with E-state index < -0.39 is 6.09 Å². The summed E-state index contributed by atoms with van der Waals surface area (Å²) in [5.41, 5.74) is 0.572. The van der Waals surface area contributed by atoms with E-state index in [-0.39, 0.29) is 18.6 Å². The molecule has 0 unspecified atom stereocenters. The minimum Gasteiger partial charge on any atom is -0.436 e. The van der Waals surface area contributed by atoms with Crippen molar-refractivity contribution in [3.63, 3.8) is 0 Å². The first-order chi connectivity index (χ1) is 7.72. The molecule has 0 fully saturated rings. The summed E-state index contributed by atoms with van der Waals surface area (Å²) in [5.74, 6) is 5.36. The molecule has 1 rings (SSSR count). The lowest BCUT2D eigenvalue weighted by atomic mass is 10.3. The largest absolute Gasteiger partial charge is 0.436 e. The molecule has 17 heavy (non-hydrogen) atoms. The Hall–Kier alpha value is -1.41. The standard InChI is InChI=1S/C11H9Cl2NO2.H3N/c12-6-1-2-7-16-11(15)14-10-5-3-4-9(13)8-10;/h3-5,8H,6-7H2,(H,14,15);1H3. The third-order valence-corrected chi connectivity index (χ3v) is 1.91. The lowest BCUT2D eigenvalue weighted by molar-refractivity contribution is 0.176. The van der Waals surface area contributed by atoms with Crippen molar-refractivity contribution in [1.82, 2.24) is 6.15 Å². The number of ether oxygens (including phenoxy) is 1. The maximum Gasteiger partial charge on any atom is 0.412 e. The monoisotopic (exact) mass is 274 g/mol. The highest BCUT2D eigenvalue weighted by Gasteiger charge is 2.01. The van der Waals surface area contributed by atoms with Crippen LogP contribution in [0, 0.1) is 11.8 Å². The molecule has 0 spiro atoms. The zero-order valence-corrected chi connectivity index (χ0v) is 10.5. The number of amides is 1. The van der Waals surface area contributed by atoms with E-state index in [1.54, 1.807) is 24.3 Å². The molecule has 1 aromatic carbocycles. The molecule has 1 aromatic rings. The number of benzene rings is 1. The molecule has 0 aliphatic heterocycles. The average molecular weight is 275 g/mol. The van der Waals surface area contributed by atoms with E-state index in [1.807, 2.05) is 0 Å². The van der Waals surface area contributed by atoms with Crippen LogP contribution in [0.5, 0.6) is 0 Å². The van der Waals surface area contributed by atoms with Gasteiger partial charge in [0.25, 0.3) is 0 Å². The number of anilines is 1. The molecule has 0 heterocycles. The number of carbonyl (C=O) groups excluding carboxylic acids is 1. The second kappa shape index (κ2) is 8.71. The second-order valence-corrected chi connectivity index (χ2v) is 3.40. The lowest BCUT2D eigenvalue weighted by Crippen LogP contribution is -2.13. The van der Waals surface area contributed by atoms with Crippen LogP contribution in [-0.2, 0) is 4.74 Å². The lowest BCUT2D eigenvalue weighted by Gasteiger charge is -2.04. The van der Waals surface area contributed by atoms with Gasteiger partial charge >= 0.3 is 6.09 Å². The van der Waals surface area contributed by atoms with Crippen LogP contribution in [0.3, 0.4) is 0 Å². The van der Waals surface area contributed by atoms with Gasteiger partial charge < -0.3 is 10.9 Å². The van der Waals surface area contributed by atoms with Crippen LogP contribution in [0.1, 0.15) is 0 Å². The molecule has 0 atom stereocenters. The third-order valence-electron chi connectivity index (χ3n) is 1.54. The van der Waals surface area contributed by atoms with Crippen LogP contribution >= 0.6 is 23.2 Å². The number of alkyl halides is 1. The van der Waals surface area contributed by atoms with Gasteiger partial charge in [0, 0.05) is 10.7 Å². The highest BCUT2D eigenvalue weighted by atomic mass is 35.5. The Morgan fingerprint density at radius 2 is 2.18 bits per heavy atom. The molecule has 1 amide bonds. The minimum atomic E-state index is -0.578. The van der Waals surface area contributed by atoms with E-state index in [1.165, 1.54) is 0 Å². The van der Waals surface area contributed by atoms with Crippen LogP contribution in [0.4, 0.5) is 10.5 Å². The zero-order valence-electron chi connectivity index (χ0n) is 9.00. The van der Waals surface area contributed by atoms with Gasteiger partial charge in [0.2, 0.25) is 0 Å². The second-order valence-electron chi connectivity index (χ2n) is 2.70. The van der Waals surface area contributed by atoms with Crippen molar-refractivity contribution in [2.75, 3.05) is 17.8 Å². The van der Waals surface area contributed by atoms with Gasteiger partial charge in [-0.3, -0.25) is 5.32 Å².